The monoisotopic (exact) mass is 438 g/mol. The summed E-state index contributed by atoms with van der Waals surface area (Å²) in [5, 5.41) is 26.4. The second kappa shape index (κ2) is 12.2. The normalized spacial score (nSPS) is 12.0. The molecule has 32 heavy (non-hydrogen) atoms. The molecule has 2 aromatic carbocycles. The summed E-state index contributed by atoms with van der Waals surface area (Å²) in [5.41, 5.74) is 3.78. The first kappa shape index (κ1) is 24.6. The molecule has 2 unspecified atom stereocenters. The van der Waals surface area contributed by atoms with Gasteiger partial charge >= 0.3 is 0 Å². The number of hydrogen-bond donors (Lipinski definition) is 6. The van der Waals surface area contributed by atoms with Gasteiger partial charge in [0.1, 0.15) is 6.04 Å². The first-order valence-electron chi connectivity index (χ1n) is 9.99. The van der Waals surface area contributed by atoms with Gasteiger partial charge in [-0.1, -0.05) is 18.8 Å². The predicted molar refractivity (Wildman–Crippen MR) is 119 cm³/mol. The minimum Gasteiger partial charge on any atom is -0.391 e. The summed E-state index contributed by atoms with van der Waals surface area (Å²) in [7, 11) is 0. The maximum atomic E-state index is 12.3. The van der Waals surface area contributed by atoms with E-state index < -0.39 is 24.0 Å². The largest absolute Gasteiger partial charge is 0.391 e. The number of amides is 3. The van der Waals surface area contributed by atoms with Crippen molar-refractivity contribution in [2.75, 3.05) is 18.4 Å². The highest BCUT2D eigenvalue weighted by Gasteiger charge is 2.25. The van der Waals surface area contributed by atoms with E-state index in [9.17, 15) is 19.5 Å². The Bertz CT molecular complexity index is 992. The average Bonchev–Trinajstić information content (AvgIpc) is 2.80. The molecule has 9 nitrogen and oxygen atoms in total. The van der Waals surface area contributed by atoms with Crippen LogP contribution in [0.1, 0.15) is 35.3 Å². The van der Waals surface area contributed by atoms with Gasteiger partial charge in [-0.2, -0.15) is 0 Å². The molecule has 0 aliphatic carbocycles. The van der Waals surface area contributed by atoms with E-state index in [-0.39, 0.29) is 18.0 Å². The van der Waals surface area contributed by atoms with Crippen molar-refractivity contribution in [2.45, 2.75) is 26.0 Å². The molecule has 0 radical (unpaired) electrons. The second-order valence-corrected chi connectivity index (χ2v) is 6.90. The molecule has 0 aliphatic rings. The molecule has 0 aromatic heterocycles. The van der Waals surface area contributed by atoms with E-state index >= 15 is 0 Å². The van der Waals surface area contributed by atoms with Gasteiger partial charge in [0, 0.05) is 22.4 Å². The summed E-state index contributed by atoms with van der Waals surface area (Å²) in [6, 6.07) is 12.2. The highest BCUT2D eigenvalue weighted by atomic mass is 16.5. The lowest BCUT2D eigenvalue weighted by molar-refractivity contribution is -0.133. The molecule has 3 amide bonds. The molecule has 2 aromatic rings. The number of likely N-dealkylation sites (N-methyl/N-ethyl adjacent to an activating group) is 1. The van der Waals surface area contributed by atoms with Gasteiger partial charge < -0.3 is 21.1 Å². The van der Waals surface area contributed by atoms with Crippen molar-refractivity contribution in [1.29, 1.82) is 0 Å². The third-order valence-corrected chi connectivity index (χ3v) is 4.36. The van der Waals surface area contributed by atoms with Gasteiger partial charge in [0.25, 0.3) is 11.8 Å². The van der Waals surface area contributed by atoms with E-state index in [0.29, 0.717) is 11.3 Å². The lowest BCUT2D eigenvalue weighted by atomic mass is 10.1. The van der Waals surface area contributed by atoms with Crippen LogP contribution < -0.4 is 21.4 Å². The fourth-order valence-corrected chi connectivity index (χ4v) is 2.63. The molecule has 2 rings (SSSR count). The number of benzene rings is 2. The van der Waals surface area contributed by atoms with Gasteiger partial charge in [-0.05, 0) is 62.0 Å². The van der Waals surface area contributed by atoms with Crippen LogP contribution in [0.3, 0.4) is 0 Å². The molecule has 2 atom stereocenters. The first-order valence-corrected chi connectivity index (χ1v) is 9.99. The molecule has 0 spiro atoms. The van der Waals surface area contributed by atoms with E-state index in [1.54, 1.807) is 36.4 Å². The topological polar surface area (TPSA) is 140 Å². The van der Waals surface area contributed by atoms with Crippen molar-refractivity contribution in [3.63, 3.8) is 0 Å². The van der Waals surface area contributed by atoms with Gasteiger partial charge in [0.05, 0.1) is 12.6 Å². The Morgan fingerprint density at radius 1 is 0.969 bits per heavy atom. The minimum absolute atomic E-state index is 0.119. The fraction of sp³-hybridized carbons (Fsp3) is 0.261. The number of rotatable bonds is 8. The highest BCUT2D eigenvalue weighted by Crippen LogP contribution is 2.09. The van der Waals surface area contributed by atoms with Gasteiger partial charge in [-0.15, -0.1) is 0 Å². The fourth-order valence-electron chi connectivity index (χ4n) is 2.63. The quantitative estimate of drug-likeness (QED) is 0.203. The van der Waals surface area contributed by atoms with E-state index in [1.165, 1.54) is 24.5 Å². The Kier molecular flexibility index (Phi) is 9.38. The van der Waals surface area contributed by atoms with Crippen LogP contribution in [-0.4, -0.2) is 53.3 Å². The minimum atomic E-state index is -1.29. The highest BCUT2D eigenvalue weighted by molar-refractivity contribution is 5.97. The SMILES string of the molecule is CCNCC(=O)Nc1ccc(C#Cc2ccc(C(=O)NC(C(=O)NO)C(C)O)cc2)cc1. The summed E-state index contributed by atoms with van der Waals surface area (Å²) >= 11 is 0. The maximum absolute atomic E-state index is 12.3. The molecule has 0 heterocycles. The van der Waals surface area contributed by atoms with E-state index in [4.69, 9.17) is 5.21 Å². The van der Waals surface area contributed by atoms with Crippen LogP contribution >= 0.6 is 0 Å². The summed E-state index contributed by atoms with van der Waals surface area (Å²) in [6.45, 7) is 4.22. The van der Waals surface area contributed by atoms with Crippen molar-refractivity contribution >= 4 is 23.4 Å². The Morgan fingerprint density at radius 3 is 2.03 bits per heavy atom. The van der Waals surface area contributed by atoms with Gasteiger partial charge in [-0.3, -0.25) is 19.6 Å². The number of aliphatic hydroxyl groups is 1. The van der Waals surface area contributed by atoms with Crippen LogP contribution in [-0.2, 0) is 9.59 Å². The molecule has 9 heteroatoms. The zero-order valence-electron chi connectivity index (χ0n) is 17.8. The number of hydrogen-bond acceptors (Lipinski definition) is 6. The standard InChI is InChI=1S/C23H26N4O5/c1-3-24-14-20(29)25-19-12-8-17(9-13-19)5-4-16-6-10-18(11-7-16)22(30)26-21(15(2)28)23(31)27-32/h6-13,15,21,24,28,32H,3,14H2,1-2H3,(H,25,29)(H,26,30)(H,27,31). The number of carbonyl (C=O) groups excluding carboxylic acids is 3. The lowest BCUT2D eigenvalue weighted by Gasteiger charge is -2.19. The van der Waals surface area contributed by atoms with Gasteiger partial charge in [-0.25, -0.2) is 5.48 Å². The zero-order valence-corrected chi connectivity index (χ0v) is 17.8. The van der Waals surface area contributed by atoms with Gasteiger partial charge in [0.2, 0.25) is 5.91 Å². The molecule has 0 saturated carbocycles. The number of anilines is 1. The zero-order chi connectivity index (χ0) is 23.5. The molecule has 168 valence electrons. The molecule has 0 bridgehead atoms. The number of nitrogens with one attached hydrogen (secondary N) is 4. The smallest absolute Gasteiger partial charge is 0.268 e. The van der Waals surface area contributed by atoms with Crippen molar-refractivity contribution in [3.8, 4) is 11.8 Å². The third-order valence-electron chi connectivity index (χ3n) is 4.36. The molecule has 0 fully saturated rings. The molecular weight excluding hydrogens is 412 g/mol. The number of hydroxylamine groups is 1. The van der Waals surface area contributed by atoms with Crippen LogP contribution in [0.2, 0.25) is 0 Å². The molecule has 0 aliphatic heterocycles. The van der Waals surface area contributed by atoms with E-state index in [2.05, 4.69) is 27.8 Å². The third kappa shape index (κ3) is 7.52. The Morgan fingerprint density at radius 2 is 1.53 bits per heavy atom. The summed E-state index contributed by atoms with van der Waals surface area (Å²) in [5.74, 6) is 4.38. The van der Waals surface area contributed by atoms with Crippen LogP contribution in [0.25, 0.3) is 0 Å². The van der Waals surface area contributed by atoms with E-state index in [1.807, 2.05) is 6.92 Å². The molecule has 6 N–H and O–H groups in total. The van der Waals surface area contributed by atoms with Crippen LogP contribution in [0.15, 0.2) is 48.5 Å². The van der Waals surface area contributed by atoms with Crippen molar-refractivity contribution in [3.05, 3.63) is 65.2 Å². The Labute approximate surface area is 186 Å². The average molecular weight is 438 g/mol. The summed E-state index contributed by atoms with van der Waals surface area (Å²) in [4.78, 5) is 35.5. The lowest BCUT2D eigenvalue weighted by Crippen LogP contribution is -2.51. The maximum Gasteiger partial charge on any atom is 0.268 e. The second-order valence-electron chi connectivity index (χ2n) is 6.90. The summed E-state index contributed by atoms with van der Waals surface area (Å²) < 4.78 is 0. The molecule has 0 saturated heterocycles. The van der Waals surface area contributed by atoms with Crippen molar-refractivity contribution < 1.29 is 24.7 Å². The number of aliphatic hydroxyl groups excluding tert-OH is 1. The van der Waals surface area contributed by atoms with Crippen LogP contribution in [0.4, 0.5) is 5.69 Å². The Balaban J connectivity index is 1.99. The predicted octanol–water partition coefficient (Wildman–Crippen LogP) is 0.619. The van der Waals surface area contributed by atoms with Crippen molar-refractivity contribution in [2.24, 2.45) is 0 Å². The first-order chi connectivity index (χ1) is 15.3. The van der Waals surface area contributed by atoms with Crippen molar-refractivity contribution in [1.82, 2.24) is 16.1 Å². The van der Waals surface area contributed by atoms with E-state index in [0.717, 1.165) is 12.1 Å². The van der Waals surface area contributed by atoms with Gasteiger partial charge in [0.15, 0.2) is 0 Å². The summed E-state index contributed by atoms with van der Waals surface area (Å²) in [6.07, 6.45) is -1.19. The van der Waals surface area contributed by atoms with Crippen LogP contribution in [0.5, 0.6) is 0 Å². The Hall–Kier alpha value is -3.71. The molecular formula is C23H26N4O5. The van der Waals surface area contributed by atoms with Crippen LogP contribution in [0, 0.1) is 11.8 Å². The number of carbonyl (C=O) groups is 3.